The summed E-state index contributed by atoms with van der Waals surface area (Å²) >= 11 is 0. The van der Waals surface area contributed by atoms with Gasteiger partial charge in [0.05, 0.1) is 0 Å². The zero-order valence-corrected chi connectivity index (χ0v) is 9.59. The van der Waals surface area contributed by atoms with E-state index in [0.717, 1.165) is 6.42 Å². The minimum Gasteiger partial charge on any atom is -0.459 e. The molecule has 0 aromatic rings. The van der Waals surface area contributed by atoms with Crippen LogP contribution in [0.2, 0.25) is 0 Å². The van der Waals surface area contributed by atoms with Crippen molar-refractivity contribution in [3.05, 3.63) is 12.2 Å². The fourth-order valence-corrected chi connectivity index (χ4v) is 1.11. The van der Waals surface area contributed by atoms with Crippen LogP contribution in [0.1, 0.15) is 40.5 Å². The van der Waals surface area contributed by atoms with Crippen molar-refractivity contribution < 1.29 is 9.53 Å². The van der Waals surface area contributed by atoms with Crippen LogP contribution in [0.5, 0.6) is 0 Å². The Bertz CT molecular complexity index is 216. The van der Waals surface area contributed by atoms with E-state index in [4.69, 9.17) is 10.5 Å². The molecule has 0 aromatic carbocycles. The molecule has 0 aliphatic rings. The minimum absolute atomic E-state index is 0.112. The van der Waals surface area contributed by atoms with E-state index in [1.807, 2.05) is 20.8 Å². The Morgan fingerprint density at radius 2 is 2.07 bits per heavy atom. The Labute approximate surface area is 86.3 Å². The lowest BCUT2D eigenvalue weighted by Crippen LogP contribution is -2.37. The van der Waals surface area contributed by atoms with E-state index in [0.29, 0.717) is 12.0 Å². The highest BCUT2D eigenvalue weighted by molar-refractivity contribution is 5.87. The second kappa shape index (κ2) is 5.15. The normalized spacial score (nSPS) is 13.5. The number of hydrogen-bond donors (Lipinski definition) is 1. The molecular weight excluding hydrogens is 178 g/mol. The number of ether oxygens (including phenoxy) is 1. The molecular formula is C11H21NO2. The van der Waals surface area contributed by atoms with Gasteiger partial charge in [-0.2, -0.15) is 0 Å². The molecule has 0 aromatic heterocycles. The summed E-state index contributed by atoms with van der Waals surface area (Å²) in [7, 11) is 0. The summed E-state index contributed by atoms with van der Waals surface area (Å²) in [5, 5.41) is 0. The van der Waals surface area contributed by atoms with Gasteiger partial charge in [0, 0.05) is 17.5 Å². The maximum Gasteiger partial charge on any atom is 0.333 e. The van der Waals surface area contributed by atoms with Gasteiger partial charge in [-0.25, -0.2) is 4.79 Å². The van der Waals surface area contributed by atoms with E-state index in [1.54, 1.807) is 6.92 Å². The van der Waals surface area contributed by atoms with Crippen LogP contribution in [-0.2, 0) is 9.53 Å². The van der Waals surface area contributed by atoms with Gasteiger partial charge in [-0.15, -0.1) is 0 Å². The van der Waals surface area contributed by atoms with Gasteiger partial charge in [0.1, 0.15) is 6.10 Å². The Morgan fingerprint density at radius 1 is 1.57 bits per heavy atom. The third-order valence-electron chi connectivity index (χ3n) is 1.83. The van der Waals surface area contributed by atoms with E-state index in [-0.39, 0.29) is 17.6 Å². The fourth-order valence-electron chi connectivity index (χ4n) is 1.11. The highest BCUT2D eigenvalue weighted by Gasteiger charge is 2.21. The Hall–Kier alpha value is -0.830. The first-order valence-corrected chi connectivity index (χ1v) is 4.91. The first-order valence-electron chi connectivity index (χ1n) is 4.91. The number of hydrogen-bond acceptors (Lipinski definition) is 3. The van der Waals surface area contributed by atoms with Crippen molar-refractivity contribution in [1.82, 2.24) is 0 Å². The highest BCUT2D eigenvalue weighted by Crippen LogP contribution is 2.14. The number of carbonyl (C=O) groups is 1. The zero-order valence-electron chi connectivity index (χ0n) is 9.59. The maximum atomic E-state index is 11.2. The molecule has 0 radical (unpaired) electrons. The van der Waals surface area contributed by atoms with Gasteiger partial charge in [-0.1, -0.05) is 13.5 Å². The van der Waals surface area contributed by atoms with Crippen LogP contribution in [0.15, 0.2) is 12.2 Å². The van der Waals surface area contributed by atoms with Crippen molar-refractivity contribution in [3.8, 4) is 0 Å². The van der Waals surface area contributed by atoms with E-state index < -0.39 is 0 Å². The monoisotopic (exact) mass is 199 g/mol. The summed E-state index contributed by atoms with van der Waals surface area (Å²) in [6, 6.07) is 0. The molecule has 14 heavy (non-hydrogen) atoms. The lowest BCUT2D eigenvalue weighted by Gasteiger charge is -2.25. The molecule has 1 atom stereocenters. The van der Waals surface area contributed by atoms with Crippen LogP contribution in [-0.4, -0.2) is 17.6 Å². The van der Waals surface area contributed by atoms with E-state index in [2.05, 4.69) is 6.58 Å². The van der Waals surface area contributed by atoms with Crippen molar-refractivity contribution in [2.24, 2.45) is 5.73 Å². The second-order valence-electron chi connectivity index (χ2n) is 4.41. The minimum atomic E-state index is -0.332. The molecule has 0 saturated carbocycles. The average molecular weight is 199 g/mol. The maximum absolute atomic E-state index is 11.2. The summed E-state index contributed by atoms with van der Waals surface area (Å²) in [5.74, 6) is -0.332. The third kappa shape index (κ3) is 5.75. The van der Waals surface area contributed by atoms with Crippen molar-refractivity contribution in [3.63, 3.8) is 0 Å². The van der Waals surface area contributed by atoms with Crippen LogP contribution >= 0.6 is 0 Å². The Balaban J connectivity index is 4.17. The Kier molecular flexibility index (Phi) is 4.85. The first-order chi connectivity index (χ1) is 6.26. The van der Waals surface area contributed by atoms with Gasteiger partial charge in [0.15, 0.2) is 0 Å². The van der Waals surface area contributed by atoms with Gasteiger partial charge >= 0.3 is 5.97 Å². The molecule has 0 aliphatic carbocycles. The van der Waals surface area contributed by atoms with Crippen molar-refractivity contribution in [1.29, 1.82) is 0 Å². The molecule has 0 amide bonds. The first kappa shape index (κ1) is 13.2. The van der Waals surface area contributed by atoms with Gasteiger partial charge < -0.3 is 10.5 Å². The van der Waals surface area contributed by atoms with E-state index in [1.165, 1.54) is 0 Å². The lowest BCUT2D eigenvalue weighted by molar-refractivity contribution is -0.145. The van der Waals surface area contributed by atoms with E-state index in [9.17, 15) is 4.79 Å². The van der Waals surface area contributed by atoms with Gasteiger partial charge in [-0.3, -0.25) is 0 Å². The summed E-state index contributed by atoms with van der Waals surface area (Å²) in [5.41, 5.74) is 5.97. The molecule has 0 aliphatic heterocycles. The fraction of sp³-hybridized carbons (Fsp3) is 0.727. The molecule has 0 spiro atoms. The number of esters is 1. The van der Waals surface area contributed by atoms with Crippen LogP contribution < -0.4 is 5.73 Å². The predicted molar refractivity (Wildman–Crippen MR) is 57.9 cm³/mol. The topological polar surface area (TPSA) is 52.3 Å². The third-order valence-corrected chi connectivity index (χ3v) is 1.83. The van der Waals surface area contributed by atoms with Crippen LogP contribution in [0.3, 0.4) is 0 Å². The molecule has 3 nitrogen and oxygen atoms in total. The molecule has 0 saturated heterocycles. The molecule has 0 bridgehead atoms. The quantitative estimate of drug-likeness (QED) is 0.544. The molecule has 0 rings (SSSR count). The molecule has 2 N–H and O–H groups in total. The van der Waals surface area contributed by atoms with Crippen molar-refractivity contribution >= 4 is 5.97 Å². The predicted octanol–water partition coefficient (Wildman–Crippen LogP) is 2.01. The van der Waals surface area contributed by atoms with Crippen molar-refractivity contribution in [2.45, 2.75) is 52.2 Å². The summed E-state index contributed by atoms with van der Waals surface area (Å²) in [6.07, 6.45) is 1.33. The van der Waals surface area contributed by atoms with Gasteiger partial charge in [0.2, 0.25) is 0 Å². The van der Waals surface area contributed by atoms with Gasteiger partial charge in [0.25, 0.3) is 0 Å². The smallest absolute Gasteiger partial charge is 0.333 e. The molecule has 3 heteroatoms. The Morgan fingerprint density at radius 3 is 2.36 bits per heavy atom. The van der Waals surface area contributed by atoms with Crippen LogP contribution in [0.4, 0.5) is 0 Å². The average Bonchev–Trinajstić information content (AvgIpc) is 2.00. The zero-order chi connectivity index (χ0) is 11.4. The lowest BCUT2D eigenvalue weighted by atomic mass is 9.97. The SMILES string of the molecule is C=C(C)C(=O)OC(CC)CC(C)(C)N. The number of nitrogens with two attached hydrogens (primary N) is 1. The molecule has 0 heterocycles. The molecule has 82 valence electrons. The largest absolute Gasteiger partial charge is 0.459 e. The molecule has 1 unspecified atom stereocenters. The standard InChI is InChI=1S/C11H21NO2/c1-6-9(7-11(4,5)12)14-10(13)8(2)3/h9H,2,6-7,12H2,1,3-5H3. The highest BCUT2D eigenvalue weighted by atomic mass is 16.5. The summed E-state index contributed by atoms with van der Waals surface area (Å²) in [6.45, 7) is 11.0. The van der Waals surface area contributed by atoms with E-state index >= 15 is 0 Å². The second-order valence-corrected chi connectivity index (χ2v) is 4.41. The summed E-state index contributed by atoms with van der Waals surface area (Å²) < 4.78 is 5.22. The van der Waals surface area contributed by atoms with Crippen LogP contribution in [0, 0.1) is 0 Å². The van der Waals surface area contributed by atoms with Gasteiger partial charge in [-0.05, 0) is 27.2 Å². The molecule has 0 fully saturated rings. The van der Waals surface area contributed by atoms with Crippen molar-refractivity contribution in [2.75, 3.05) is 0 Å². The van der Waals surface area contributed by atoms with Crippen LogP contribution in [0.25, 0.3) is 0 Å². The number of carbonyl (C=O) groups excluding carboxylic acids is 1. The summed E-state index contributed by atoms with van der Waals surface area (Å²) in [4.78, 5) is 11.2. The number of rotatable bonds is 5.